The third-order valence-corrected chi connectivity index (χ3v) is 5.48. The standard InChI is InChI=1S/C22H20ClN5O2/c23-20-11-19(9-14(12-24)22(20)30-18-5-6-18)29-17-3-1-15(2-4-17)27-7-8-28-16(13-27)10-21(25)26-28/h1-4,9-11,18H,5-8,13H2,(H2,25,26). The first-order chi connectivity index (χ1) is 14.6. The van der Waals surface area contributed by atoms with Gasteiger partial charge in [0.05, 0.1) is 35.5 Å². The fraction of sp³-hybridized carbons (Fsp3) is 0.273. The molecule has 1 aromatic heterocycles. The van der Waals surface area contributed by atoms with Crippen molar-refractivity contribution < 1.29 is 9.47 Å². The van der Waals surface area contributed by atoms with Crippen LogP contribution in [0.5, 0.6) is 17.2 Å². The van der Waals surface area contributed by atoms with Gasteiger partial charge in [0.25, 0.3) is 0 Å². The monoisotopic (exact) mass is 421 g/mol. The second kappa shape index (κ2) is 7.47. The van der Waals surface area contributed by atoms with Crippen molar-refractivity contribution in [3.8, 4) is 23.3 Å². The summed E-state index contributed by atoms with van der Waals surface area (Å²) in [6.07, 6.45) is 2.16. The predicted octanol–water partition coefficient (Wildman–Crippen LogP) is 4.34. The number of benzene rings is 2. The lowest BCUT2D eigenvalue weighted by atomic mass is 10.2. The van der Waals surface area contributed by atoms with E-state index in [9.17, 15) is 5.26 Å². The van der Waals surface area contributed by atoms with Gasteiger partial charge in [-0.25, -0.2) is 0 Å². The Bertz CT molecular complexity index is 1130. The van der Waals surface area contributed by atoms with Crippen molar-refractivity contribution in [3.05, 3.63) is 58.7 Å². The van der Waals surface area contributed by atoms with Crippen LogP contribution in [0.3, 0.4) is 0 Å². The zero-order valence-corrected chi connectivity index (χ0v) is 17.0. The minimum absolute atomic E-state index is 0.166. The highest BCUT2D eigenvalue weighted by atomic mass is 35.5. The molecule has 1 aliphatic heterocycles. The van der Waals surface area contributed by atoms with Crippen molar-refractivity contribution >= 4 is 23.1 Å². The molecule has 2 aromatic carbocycles. The van der Waals surface area contributed by atoms with E-state index in [1.807, 2.05) is 35.0 Å². The van der Waals surface area contributed by atoms with Crippen molar-refractivity contribution in [2.24, 2.45) is 0 Å². The molecule has 0 bridgehead atoms. The first kappa shape index (κ1) is 18.6. The molecule has 152 valence electrons. The summed E-state index contributed by atoms with van der Waals surface area (Å²) in [6.45, 7) is 2.42. The quantitative estimate of drug-likeness (QED) is 0.659. The van der Waals surface area contributed by atoms with Gasteiger partial charge in [0.1, 0.15) is 23.4 Å². The summed E-state index contributed by atoms with van der Waals surface area (Å²) in [6, 6.07) is 15.2. The number of rotatable bonds is 5. The summed E-state index contributed by atoms with van der Waals surface area (Å²) >= 11 is 6.34. The van der Waals surface area contributed by atoms with E-state index in [1.54, 1.807) is 12.1 Å². The van der Waals surface area contributed by atoms with E-state index in [1.165, 1.54) is 0 Å². The molecular formula is C22H20ClN5O2. The molecule has 8 heteroatoms. The Balaban J connectivity index is 1.30. The number of ether oxygens (including phenoxy) is 2. The van der Waals surface area contributed by atoms with Gasteiger partial charge in [-0.1, -0.05) is 11.6 Å². The molecule has 7 nitrogen and oxygen atoms in total. The number of fused-ring (bicyclic) bond motifs is 1. The minimum Gasteiger partial charge on any atom is -0.487 e. The van der Waals surface area contributed by atoms with Crippen molar-refractivity contribution in [1.29, 1.82) is 5.26 Å². The number of anilines is 2. The Hall–Kier alpha value is -3.37. The molecule has 0 atom stereocenters. The number of aromatic nitrogens is 2. The highest BCUT2D eigenvalue weighted by Crippen LogP contribution is 2.38. The van der Waals surface area contributed by atoms with Crippen LogP contribution in [0.2, 0.25) is 5.02 Å². The fourth-order valence-electron chi connectivity index (χ4n) is 3.55. The van der Waals surface area contributed by atoms with Gasteiger partial charge in [0.2, 0.25) is 0 Å². The average Bonchev–Trinajstić information content (AvgIpc) is 3.48. The van der Waals surface area contributed by atoms with Crippen LogP contribution < -0.4 is 20.1 Å². The number of halogens is 1. The summed E-state index contributed by atoms with van der Waals surface area (Å²) < 4.78 is 13.7. The molecule has 3 aromatic rings. The van der Waals surface area contributed by atoms with Gasteiger partial charge in [-0.2, -0.15) is 10.4 Å². The topological polar surface area (TPSA) is 89.3 Å². The SMILES string of the molecule is N#Cc1cc(Oc2ccc(N3CCn4nc(N)cc4C3)cc2)cc(Cl)c1OC1CC1. The molecule has 0 radical (unpaired) electrons. The van der Waals surface area contributed by atoms with E-state index in [2.05, 4.69) is 16.1 Å². The zero-order chi connectivity index (χ0) is 20.7. The molecule has 1 fully saturated rings. The molecular weight excluding hydrogens is 402 g/mol. The van der Waals surface area contributed by atoms with E-state index >= 15 is 0 Å². The summed E-state index contributed by atoms with van der Waals surface area (Å²) in [7, 11) is 0. The van der Waals surface area contributed by atoms with Crippen LogP contribution in [-0.4, -0.2) is 22.4 Å². The van der Waals surface area contributed by atoms with Crippen LogP contribution in [0.4, 0.5) is 11.5 Å². The largest absolute Gasteiger partial charge is 0.487 e. The second-order valence-corrected chi connectivity index (χ2v) is 7.92. The lowest BCUT2D eigenvalue weighted by Gasteiger charge is -2.29. The van der Waals surface area contributed by atoms with Crippen LogP contribution in [0.25, 0.3) is 0 Å². The van der Waals surface area contributed by atoms with E-state index in [-0.39, 0.29) is 6.10 Å². The highest BCUT2D eigenvalue weighted by Gasteiger charge is 2.26. The molecule has 2 heterocycles. The van der Waals surface area contributed by atoms with Gasteiger partial charge >= 0.3 is 0 Å². The van der Waals surface area contributed by atoms with E-state index < -0.39 is 0 Å². The molecule has 2 N–H and O–H groups in total. The first-order valence-electron chi connectivity index (χ1n) is 9.84. The van der Waals surface area contributed by atoms with E-state index in [0.717, 1.165) is 43.9 Å². The maximum Gasteiger partial charge on any atom is 0.156 e. The van der Waals surface area contributed by atoms with E-state index in [0.29, 0.717) is 33.7 Å². The number of nitrogens with zero attached hydrogens (tertiary/aromatic N) is 4. The lowest BCUT2D eigenvalue weighted by molar-refractivity contribution is 0.302. The van der Waals surface area contributed by atoms with Crippen LogP contribution in [0.15, 0.2) is 42.5 Å². The maximum atomic E-state index is 9.45. The summed E-state index contributed by atoms with van der Waals surface area (Å²) in [5, 5.41) is 14.1. The molecule has 0 unspecified atom stereocenters. The van der Waals surface area contributed by atoms with Crippen molar-refractivity contribution in [1.82, 2.24) is 9.78 Å². The van der Waals surface area contributed by atoms with E-state index in [4.69, 9.17) is 26.8 Å². The maximum absolute atomic E-state index is 9.45. The van der Waals surface area contributed by atoms with Crippen LogP contribution in [0, 0.1) is 11.3 Å². The van der Waals surface area contributed by atoms with Crippen molar-refractivity contribution in [2.75, 3.05) is 17.2 Å². The second-order valence-electron chi connectivity index (χ2n) is 7.51. The number of nitrogen functional groups attached to an aromatic ring is 1. The fourth-order valence-corrected chi connectivity index (χ4v) is 3.81. The van der Waals surface area contributed by atoms with Crippen LogP contribution in [-0.2, 0) is 13.1 Å². The van der Waals surface area contributed by atoms with Crippen molar-refractivity contribution in [2.45, 2.75) is 32.0 Å². The van der Waals surface area contributed by atoms with Crippen molar-refractivity contribution in [3.63, 3.8) is 0 Å². The molecule has 1 saturated carbocycles. The third kappa shape index (κ3) is 3.74. The third-order valence-electron chi connectivity index (χ3n) is 5.20. The Morgan fingerprint density at radius 2 is 1.90 bits per heavy atom. The molecule has 0 saturated heterocycles. The smallest absolute Gasteiger partial charge is 0.156 e. The van der Waals surface area contributed by atoms with Gasteiger partial charge in [0, 0.05) is 30.4 Å². The van der Waals surface area contributed by atoms with Gasteiger partial charge in [0.15, 0.2) is 5.75 Å². The average molecular weight is 422 g/mol. The Kier molecular flexibility index (Phi) is 4.64. The lowest BCUT2D eigenvalue weighted by Crippen LogP contribution is -2.33. The predicted molar refractivity (Wildman–Crippen MR) is 114 cm³/mol. The molecule has 1 aliphatic carbocycles. The number of hydrogen-bond donors (Lipinski definition) is 1. The highest BCUT2D eigenvalue weighted by molar-refractivity contribution is 6.32. The summed E-state index contributed by atoms with van der Waals surface area (Å²) in [5.41, 5.74) is 8.38. The summed E-state index contributed by atoms with van der Waals surface area (Å²) in [5.74, 6) is 2.17. The zero-order valence-electron chi connectivity index (χ0n) is 16.2. The van der Waals surface area contributed by atoms with Crippen LogP contribution >= 0.6 is 11.6 Å². The molecule has 5 rings (SSSR count). The molecule has 0 amide bonds. The van der Waals surface area contributed by atoms with Gasteiger partial charge in [-0.3, -0.25) is 4.68 Å². The Morgan fingerprint density at radius 1 is 1.10 bits per heavy atom. The minimum atomic E-state index is 0.166. The number of hydrogen-bond acceptors (Lipinski definition) is 6. The molecule has 30 heavy (non-hydrogen) atoms. The molecule has 0 spiro atoms. The summed E-state index contributed by atoms with van der Waals surface area (Å²) in [4.78, 5) is 2.27. The number of nitriles is 1. The Morgan fingerprint density at radius 3 is 2.63 bits per heavy atom. The molecule has 2 aliphatic rings. The number of nitrogens with two attached hydrogens (primary N) is 1. The normalized spacial score (nSPS) is 15.4. The van der Waals surface area contributed by atoms with Crippen LogP contribution in [0.1, 0.15) is 24.1 Å². The first-order valence-corrected chi connectivity index (χ1v) is 10.2. The van der Waals surface area contributed by atoms with Gasteiger partial charge < -0.3 is 20.1 Å². The Labute approximate surface area is 179 Å². The van der Waals surface area contributed by atoms with Gasteiger partial charge in [-0.05, 0) is 37.1 Å². The van der Waals surface area contributed by atoms with Gasteiger partial charge in [-0.15, -0.1) is 0 Å².